The molecule has 0 aromatic heterocycles. The van der Waals surface area contributed by atoms with Crippen molar-refractivity contribution in [2.75, 3.05) is 6.61 Å². The van der Waals surface area contributed by atoms with Crippen LogP contribution in [0.4, 0.5) is 0 Å². The lowest BCUT2D eigenvalue weighted by atomic mass is 9.63. The average Bonchev–Trinajstić information content (AvgIpc) is 2.54. The molecular formula is C21H38O. The van der Waals surface area contributed by atoms with Gasteiger partial charge in [-0.3, -0.25) is 0 Å². The zero-order chi connectivity index (χ0) is 15.7. The van der Waals surface area contributed by atoms with Crippen LogP contribution in [0.3, 0.4) is 0 Å². The van der Waals surface area contributed by atoms with Gasteiger partial charge in [0, 0.05) is 0 Å². The highest BCUT2D eigenvalue weighted by molar-refractivity contribution is 4.88. The molecular weight excluding hydrogens is 268 g/mol. The van der Waals surface area contributed by atoms with Crippen LogP contribution in [0.2, 0.25) is 0 Å². The van der Waals surface area contributed by atoms with Gasteiger partial charge in [-0.15, -0.1) is 0 Å². The van der Waals surface area contributed by atoms with Crippen LogP contribution in [0.25, 0.3) is 0 Å². The summed E-state index contributed by atoms with van der Waals surface area (Å²) in [6.07, 6.45) is 12.0. The zero-order valence-corrected chi connectivity index (χ0v) is 15.4. The molecule has 1 saturated heterocycles. The first-order valence-corrected chi connectivity index (χ1v) is 10.2. The molecule has 3 aliphatic rings. The Balaban J connectivity index is 1.49. The van der Waals surface area contributed by atoms with Crippen LogP contribution >= 0.6 is 0 Å². The van der Waals surface area contributed by atoms with E-state index in [-0.39, 0.29) is 0 Å². The van der Waals surface area contributed by atoms with Gasteiger partial charge in [0.15, 0.2) is 0 Å². The smallest absolute Gasteiger partial charge is 0.0603 e. The molecule has 6 atom stereocenters. The van der Waals surface area contributed by atoms with Gasteiger partial charge in [0.1, 0.15) is 0 Å². The number of hydrogen-bond donors (Lipinski definition) is 0. The fraction of sp³-hybridized carbons (Fsp3) is 1.00. The van der Waals surface area contributed by atoms with Crippen molar-refractivity contribution >= 4 is 0 Å². The van der Waals surface area contributed by atoms with Gasteiger partial charge in [-0.1, -0.05) is 47.0 Å². The average molecular weight is 307 g/mol. The van der Waals surface area contributed by atoms with Gasteiger partial charge in [0.25, 0.3) is 0 Å². The van der Waals surface area contributed by atoms with E-state index in [1.165, 1.54) is 51.4 Å². The van der Waals surface area contributed by atoms with E-state index in [1.807, 2.05) is 0 Å². The SMILES string of the molecule is CC1CCC(C2CC[C@@H](C3CCC(C)C(C)C3C)CO2)CC1. The van der Waals surface area contributed by atoms with E-state index in [0.717, 1.165) is 48.0 Å². The van der Waals surface area contributed by atoms with Crippen molar-refractivity contribution < 1.29 is 4.74 Å². The minimum atomic E-state index is 0.596. The van der Waals surface area contributed by atoms with Gasteiger partial charge in [0.2, 0.25) is 0 Å². The van der Waals surface area contributed by atoms with E-state index in [2.05, 4.69) is 27.7 Å². The first-order chi connectivity index (χ1) is 10.6. The highest BCUT2D eigenvalue weighted by Crippen LogP contribution is 2.45. The molecule has 1 aliphatic heterocycles. The van der Waals surface area contributed by atoms with E-state index in [4.69, 9.17) is 4.74 Å². The third-order valence-corrected chi connectivity index (χ3v) is 7.90. The van der Waals surface area contributed by atoms with Gasteiger partial charge in [-0.05, 0) is 73.5 Å². The summed E-state index contributed by atoms with van der Waals surface area (Å²) in [5.41, 5.74) is 0. The second kappa shape index (κ2) is 7.24. The molecule has 0 amide bonds. The number of hydrogen-bond acceptors (Lipinski definition) is 1. The Bertz CT molecular complexity index is 336. The van der Waals surface area contributed by atoms with E-state index in [0.29, 0.717) is 6.10 Å². The molecule has 2 saturated carbocycles. The molecule has 1 nitrogen and oxygen atoms in total. The Kier molecular flexibility index (Phi) is 5.53. The van der Waals surface area contributed by atoms with E-state index < -0.39 is 0 Å². The second-order valence-corrected chi connectivity index (χ2v) is 9.17. The molecule has 0 bridgehead atoms. The predicted octanol–water partition coefficient (Wildman–Crippen LogP) is 5.93. The highest BCUT2D eigenvalue weighted by Gasteiger charge is 2.39. The van der Waals surface area contributed by atoms with Gasteiger partial charge >= 0.3 is 0 Å². The lowest BCUT2D eigenvalue weighted by molar-refractivity contribution is -0.0840. The van der Waals surface area contributed by atoms with E-state index in [9.17, 15) is 0 Å². The Morgan fingerprint density at radius 2 is 1.32 bits per heavy atom. The molecule has 3 fully saturated rings. The Morgan fingerprint density at radius 1 is 0.636 bits per heavy atom. The molecule has 3 rings (SSSR count). The van der Waals surface area contributed by atoms with Crippen LogP contribution in [0, 0.1) is 41.4 Å². The topological polar surface area (TPSA) is 9.23 Å². The van der Waals surface area contributed by atoms with Crippen molar-refractivity contribution in [3.05, 3.63) is 0 Å². The lowest BCUT2D eigenvalue weighted by Gasteiger charge is -2.45. The normalized spacial score (nSPS) is 50.7. The van der Waals surface area contributed by atoms with Gasteiger partial charge < -0.3 is 4.74 Å². The molecule has 1 heterocycles. The number of rotatable bonds is 2. The maximum atomic E-state index is 6.43. The van der Waals surface area contributed by atoms with Crippen LogP contribution in [0.5, 0.6) is 0 Å². The first-order valence-electron chi connectivity index (χ1n) is 10.2. The Morgan fingerprint density at radius 3 is 1.95 bits per heavy atom. The fourth-order valence-corrected chi connectivity index (χ4v) is 5.71. The Hall–Kier alpha value is -0.0400. The van der Waals surface area contributed by atoms with Crippen molar-refractivity contribution in [2.45, 2.75) is 85.2 Å². The van der Waals surface area contributed by atoms with Crippen LogP contribution < -0.4 is 0 Å². The van der Waals surface area contributed by atoms with Crippen molar-refractivity contribution in [3.8, 4) is 0 Å². The molecule has 0 radical (unpaired) electrons. The second-order valence-electron chi connectivity index (χ2n) is 9.17. The molecule has 0 spiro atoms. The summed E-state index contributed by atoms with van der Waals surface area (Å²) < 4.78 is 6.43. The van der Waals surface area contributed by atoms with Gasteiger partial charge in [-0.25, -0.2) is 0 Å². The summed E-state index contributed by atoms with van der Waals surface area (Å²) in [6, 6.07) is 0. The summed E-state index contributed by atoms with van der Waals surface area (Å²) in [6.45, 7) is 10.9. The summed E-state index contributed by atoms with van der Waals surface area (Å²) in [4.78, 5) is 0. The molecule has 1 heteroatoms. The molecule has 22 heavy (non-hydrogen) atoms. The third-order valence-electron chi connectivity index (χ3n) is 7.90. The molecule has 0 aromatic rings. The molecule has 0 N–H and O–H groups in total. The van der Waals surface area contributed by atoms with Crippen molar-refractivity contribution in [3.63, 3.8) is 0 Å². The van der Waals surface area contributed by atoms with Crippen LogP contribution in [-0.2, 0) is 4.74 Å². The van der Waals surface area contributed by atoms with Crippen molar-refractivity contribution in [1.82, 2.24) is 0 Å². The van der Waals surface area contributed by atoms with Crippen LogP contribution in [0.1, 0.15) is 79.1 Å². The predicted molar refractivity (Wildman–Crippen MR) is 93.8 cm³/mol. The lowest BCUT2D eigenvalue weighted by Crippen LogP contribution is -2.41. The summed E-state index contributed by atoms with van der Waals surface area (Å²) in [7, 11) is 0. The third kappa shape index (κ3) is 3.55. The molecule has 5 unspecified atom stereocenters. The largest absolute Gasteiger partial charge is 0.378 e. The maximum absolute atomic E-state index is 6.43. The minimum Gasteiger partial charge on any atom is -0.378 e. The zero-order valence-electron chi connectivity index (χ0n) is 15.4. The maximum Gasteiger partial charge on any atom is 0.0603 e. The molecule has 2 aliphatic carbocycles. The van der Waals surface area contributed by atoms with E-state index >= 15 is 0 Å². The summed E-state index contributed by atoms with van der Waals surface area (Å²) >= 11 is 0. The standard InChI is InChI=1S/C21H38O/c1-14-5-8-18(9-6-14)21-12-10-19(13-22-21)20-11-7-15(2)16(3)17(20)4/h14-21H,5-13H2,1-4H3/t14?,15?,16?,17?,18?,19-,20?,21?/m1/s1. The van der Waals surface area contributed by atoms with Gasteiger partial charge in [-0.2, -0.15) is 0 Å². The fourth-order valence-electron chi connectivity index (χ4n) is 5.71. The van der Waals surface area contributed by atoms with Crippen molar-refractivity contribution in [1.29, 1.82) is 0 Å². The van der Waals surface area contributed by atoms with Crippen LogP contribution in [0.15, 0.2) is 0 Å². The summed E-state index contributed by atoms with van der Waals surface area (Å²) in [5.74, 6) is 6.33. The summed E-state index contributed by atoms with van der Waals surface area (Å²) in [5, 5.41) is 0. The quantitative estimate of drug-likeness (QED) is 0.614. The van der Waals surface area contributed by atoms with E-state index in [1.54, 1.807) is 0 Å². The molecule has 128 valence electrons. The minimum absolute atomic E-state index is 0.596. The van der Waals surface area contributed by atoms with Crippen molar-refractivity contribution in [2.24, 2.45) is 41.4 Å². The molecule has 0 aromatic carbocycles. The van der Waals surface area contributed by atoms with Gasteiger partial charge in [0.05, 0.1) is 12.7 Å². The number of ether oxygens (including phenoxy) is 1. The highest BCUT2D eigenvalue weighted by atomic mass is 16.5. The first kappa shape index (κ1) is 16.8. The monoisotopic (exact) mass is 306 g/mol. The van der Waals surface area contributed by atoms with Crippen LogP contribution in [-0.4, -0.2) is 12.7 Å². The Labute approximate surface area is 138 Å².